The van der Waals surface area contributed by atoms with Gasteiger partial charge >= 0.3 is 0 Å². The predicted molar refractivity (Wildman–Crippen MR) is 109 cm³/mol. The summed E-state index contributed by atoms with van der Waals surface area (Å²) in [6, 6.07) is 11.0. The van der Waals surface area contributed by atoms with Crippen molar-refractivity contribution in [3.63, 3.8) is 0 Å². The van der Waals surface area contributed by atoms with E-state index >= 15 is 0 Å². The fraction of sp³-hybridized carbons (Fsp3) is 0.200. The Morgan fingerprint density at radius 1 is 0.964 bits per heavy atom. The maximum Gasteiger partial charge on any atom is 0.255 e. The SMILES string of the molecule is O=C(c1cncc(Nc2ccc(Cl)cc2)c1)N1CCN(c2ncccn2)CC1. The van der Waals surface area contributed by atoms with E-state index in [1.54, 1.807) is 30.9 Å². The lowest BCUT2D eigenvalue weighted by Crippen LogP contribution is -2.49. The molecule has 3 aromatic rings. The summed E-state index contributed by atoms with van der Waals surface area (Å²) in [5.74, 6) is 0.673. The smallest absolute Gasteiger partial charge is 0.255 e. The number of nitrogens with one attached hydrogen (secondary N) is 1. The van der Waals surface area contributed by atoms with E-state index in [0.717, 1.165) is 11.4 Å². The molecule has 1 amide bonds. The summed E-state index contributed by atoms with van der Waals surface area (Å²) in [6.07, 6.45) is 6.74. The number of nitrogens with zero attached hydrogens (tertiary/aromatic N) is 5. The van der Waals surface area contributed by atoms with Crippen molar-refractivity contribution >= 4 is 34.8 Å². The molecule has 0 atom stereocenters. The number of anilines is 3. The number of hydrogen-bond acceptors (Lipinski definition) is 6. The fourth-order valence-electron chi connectivity index (χ4n) is 3.07. The van der Waals surface area contributed by atoms with Crippen LogP contribution in [0.5, 0.6) is 0 Å². The summed E-state index contributed by atoms with van der Waals surface area (Å²) in [4.78, 5) is 29.6. The monoisotopic (exact) mass is 394 g/mol. The molecule has 4 rings (SSSR count). The van der Waals surface area contributed by atoms with E-state index in [9.17, 15) is 4.79 Å². The highest BCUT2D eigenvalue weighted by Gasteiger charge is 2.23. The standard InChI is InChI=1S/C20H19ClN6O/c21-16-2-4-17(5-3-16)25-18-12-15(13-22-14-18)19(28)26-8-10-27(11-9-26)20-23-6-1-7-24-20/h1-7,12-14,25H,8-11H2. The summed E-state index contributed by atoms with van der Waals surface area (Å²) < 4.78 is 0. The maximum atomic E-state index is 12.9. The number of carbonyl (C=O) groups is 1. The second-order valence-electron chi connectivity index (χ2n) is 6.42. The number of benzene rings is 1. The highest BCUT2D eigenvalue weighted by molar-refractivity contribution is 6.30. The van der Waals surface area contributed by atoms with E-state index in [1.165, 1.54) is 0 Å². The molecule has 7 nitrogen and oxygen atoms in total. The number of carbonyl (C=O) groups excluding carboxylic acids is 1. The van der Waals surface area contributed by atoms with E-state index < -0.39 is 0 Å². The van der Waals surface area contributed by atoms with Crippen molar-refractivity contribution in [3.8, 4) is 0 Å². The van der Waals surface area contributed by atoms with Crippen LogP contribution in [0.3, 0.4) is 0 Å². The largest absolute Gasteiger partial charge is 0.354 e. The molecular weight excluding hydrogens is 376 g/mol. The van der Waals surface area contributed by atoms with Gasteiger partial charge in [0.15, 0.2) is 0 Å². The van der Waals surface area contributed by atoms with Crippen molar-refractivity contribution in [3.05, 3.63) is 71.8 Å². The molecular formula is C20H19ClN6O. The Morgan fingerprint density at radius 3 is 2.39 bits per heavy atom. The normalized spacial score (nSPS) is 14.0. The quantitative estimate of drug-likeness (QED) is 0.732. The zero-order valence-corrected chi connectivity index (χ0v) is 15.9. The van der Waals surface area contributed by atoms with Gasteiger partial charge in [-0.2, -0.15) is 0 Å². The average molecular weight is 395 g/mol. The van der Waals surface area contributed by atoms with Crippen LogP contribution >= 0.6 is 11.6 Å². The summed E-state index contributed by atoms with van der Waals surface area (Å²) >= 11 is 5.92. The van der Waals surface area contributed by atoms with Gasteiger partial charge in [0.25, 0.3) is 5.91 Å². The van der Waals surface area contributed by atoms with E-state index in [2.05, 4.69) is 25.2 Å². The first-order valence-corrected chi connectivity index (χ1v) is 9.36. The Hall–Kier alpha value is -3.19. The molecule has 142 valence electrons. The van der Waals surface area contributed by atoms with Crippen molar-refractivity contribution in [2.45, 2.75) is 0 Å². The number of aromatic nitrogens is 3. The highest BCUT2D eigenvalue weighted by atomic mass is 35.5. The molecule has 1 fully saturated rings. The summed E-state index contributed by atoms with van der Waals surface area (Å²) in [7, 11) is 0. The minimum atomic E-state index is -0.0270. The van der Waals surface area contributed by atoms with E-state index in [4.69, 9.17) is 11.6 Å². The lowest BCUT2D eigenvalue weighted by molar-refractivity contribution is 0.0746. The molecule has 0 spiro atoms. The third-order valence-electron chi connectivity index (χ3n) is 4.52. The topological polar surface area (TPSA) is 74.2 Å². The fourth-order valence-corrected chi connectivity index (χ4v) is 3.20. The van der Waals surface area contributed by atoms with Crippen LogP contribution in [0.15, 0.2) is 61.2 Å². The lowest BCUT2D eigenvalue weighted by Gasteiger charge is -2.34. The van der Waals surface area contributed by atoms with Crippen molar-refractivity contribution < 1.29 is 4.79 Å². The van der Waals surface area contributed by atoms with Crippen molar-refractivity contribution in [1.82, 2.24) is 19.9 Å². The summed E-state index contributed by atoms with van der Waals surface area (Å²) in [6.45, 7) is 2.63. The Morgan fingerprint density at radius 2 is 1.68 bits per heavy atom. The number of rotatable bonds is 4. The highest BCUT2D eigenvalue weighted by Crippen LogP contribution is 2.20. The van der Waals surface area contributed by atoms with Crippen molar-refractivity contribution in [2.75, 3.05) is 36.4 Å². The molecule has 0 bridgehead atoms. The minimum absolute atomic E-state index is 0.0270. The Balaban J connectivity index is 1.40. The van der Waals surface area contributed by atoms with Gasteiger partial charge in [-0.1, -0.05) is 11.6 Å². The number of hydrogen-bond donors (Lipinski definition) is 1. The molecule has 0 saturated carbocycles. The molecule has 1 saturated heterocycles. The summed E-state index contributed by atoms with van der Waals surface area (Å²) in [5, 5.41) is 3.91. The Labute approximate surface area is 168 Å². The van der Waals surface area contributed by atoms with Crippen molar-refractivity contribution in [2.24, 2.45) is 0 Å². The molecule has 1 aromatic carbocycles. The third kappa shape index (κ3) is 4.20. The molecule has 1 aliphatic rings. The zero-order valence-electron chi connectivity index (χ0n) is 15.1. The molecule has 0 aliphatic carbocycles. The van der Waals surface area contributed by atoms with Gasteiger partial charge in [0.1, 0.15) is 0 Å². The minimum Gasteiger partial charge on any atom is -0.354 e. The molecule has 2 aromatic heterocycles. The molecule has 3 heterocycles. The van der Waals surface area contributed by atoms with Gasteiger partial charge in [-0.15, -0.1) is 0 Å². The Bertz CT molecular complexity index is 942. The number of halogens is 1. The average Bonchev–Trinajstić information content (AvgIpc) is 2.76. The van der Waals surface area contributed by atoms with Gasteiger partial charge in [0, 0.05) is 55.5 Å². The zero-order chi connectivity index (χ0) is 19.3. The first kappa shape index (κ1) is 18.2. The number of amides is 1. The Kier molecular flexibility index (Phi) is 5.34. The van der Waals surface area contributed by atoms with Gasteiger partial charge in [0.2, 0.25) is 5.95 Å². The van der Waals surface area contributed by atoms with E-state index in [0.29, 0.717) is 42.7 Å². The second-order valence-corrected chi connectivity index (χ2v) is 6.86. The molecule has 0 unspecified atom stereocenters. The lowest BCUT2D eigenvalue weighted by atomic mass is 10.2. The van der Waals surface area contributed by atoms with Crippen LogP contribution < -0.4 is 10.2 Å². The van der Waals surface area contributed by atoms with Crippen LogP contribution in [-0.4, -0.2) is 51.9 Å². The molecule has 1 aliphatic heterocycles. The van der Waals surface area contributed by atoms with Crippen LogP contribution in [0, 0.1) is 0 Å². The number of piperazine rings is 1. The van der Waals surface area contributed by atoms with Gasteiger partial charge in [-0.25, -0.2) is 9.97 Å². The maximum absolute atomic E-state index is 12.9. The molecule has 28 heavy (non-hydrogen) atoms. The van der Waals surface area contributed by atoms with Crippen LogP contribution in [0.1, 0.15) is 10.4 Å². The number of pyridine rings is 1. The first-order chi connectivity index (χ1) is 13.7. The molecule has 1 N–H and O–H groups in total. The van der Waals surface area contributed by atoms with Gasteiger partial charge in [0.05, 0.1) is 17.4 Å². The third-order valence-corrected chi connectivity index (χ3v) is 4.77. The summed E-state index contributed by atoms with van der Waals surface area (Å²) in [5.41, 5.74) is 2.19. The van der Waals surface area contributed by atoms with E-state index in [1.807, 2.05) is 35.2 Å². The second kappa shape index (κ2) is 8.22. The van der Waals surface area contributed by atoms with Gasteiger partial charge in [-0.05, 0) is 36.4 Å². The molecule has 0 radical (unpaired) electrons. The van der Waals surface area contributed by atoms with Gasteiger partial charge in [-0.3, -0.25) is 9.78 Å². The van der Waals surface area contributed by atoms with Crippen LogP contribution in [-0.2, 0) is 0 Å². The van der Waals surface area contributed by atoms with Crippen LogP contribution in [0.25, 0.3) is 0 Å². The first-order valence-electron chi connectivity index (χ1n) is 8.98. The molecule has 8 heteroatoms. The van der Waals surface area contributed by atoms with Crippen LogP contribution in [0.4, 0.5) is 17.3 Å². The van der Waals surface area contributed by atoms with Crippen molar-refractivity contribution in [1.29, 1.82) is 0 Å². The predicted octanol–water partition coefficient (Wildman–Crippen LogP) is 3.23. The van der Waals surface area contributed by atoms with E-state index in [-0.39, 0.29) is 5.91 Å². The van der Waals surface area contributed by atoms with Crippen LogP contribution in [0.2, 0.25) is 5.02 Å². The van der Waals surface area contributed by atoms with Gasteiger partial charge < -0.3 is 15.1 Å².